The van der Waals surface area contributed by atoms with Gasteiger partial charge in [0, 0.05) is 6.42 Å². The second-order valence-corrected chi connectivity index (χ2v) is 9.82. The Balaban J connectivity index is 1.55. The van der Waals surface area contributed by atoms with Gasteiger partial charge in [0.25, 0.3) is 5.60 Å². The molecule has 17 heteroatoms. The van der Waals surface area contributed by atoms with Crippen molar-refractivity contribution >= 4 is 40.5 Å². The lowest BCUT2D eigenvalue weighted by atomic mass is 9.93. The van der Waals surface area contributed by atoms with Crippen molar-refractivity contribution in [2.24, 2.45) is 0 Å². The SMILES string of the molecule is CCOC(=O)C(Cc1ccc(C(F)(F)F)cc1)(OCC[C@H]1O[C@@H](n2cnc3c(N)nc(Cl)nc32)[C@@H](F)[C@@H]1O)C(=O)OCC. The zero-order valence-corrected chi connectivity index (χ0v) is 23.6. The average molecular weight is 634 g/mol. The van der Waals surface area contributed by atoms with Gasteiger partial charge in [0.1, 0.15) is 11.6 Å². The summed E-state index contributed by atoms with van der Waals surface area (Å²) in [6.45, 7) is 2.22. The van der Waals surface area contributed by atoms with E-state index in [2.05, 4.69) is 15.0 Å². The van der Waals surface area contributed by atoms with Gasteiger partial charge in [0.05, 0.1) is 37.8 Å². The molecule has 4 rings (SSSR count). The average Bonchev–Trinajstić information content (AvgIpc) is 3.48. The van der Waals surface area contributed by atoms with E-state index in [1.807, 2.05) is 0 Å². The van der Waals surface area contributed by atoms with Crippen LogP contribution in [-0.4, -0.2) is 80.4 Å². The molecule has 0 radical (unpaired) electrons. The molecule has 0 amide bonds. The van der Waals surface area contributed by atoms with Gasteiger partial charge >= 0.3 is 18.1 Å². The number of aliphatic hydroxyl groups excluding tert-OH is 1. The number of anilines is 1. The lowest BCUT2D eigenvalue weighted by Crippen LogP contribution is -2.53. The van der Waals surface area contributed by atoms with Crippen LogP contribution in [0, 0.1) is 0 Å². The Labute approximate surface area is 247 Å². The summed E-state index contributed by atoms with van der Waals surface area (Å²) in [5.74, 6) is -2.32. The molecule has 0 bridgehead atoms. The molecule has 1 aliphatic rings. The summed E-state index contributed by atoms with van der Waals surface area (Å²) in [5, 5.41) is 10.4. The smallest absolute Gasteiger partial charge is 0.416 e. The number of nitrogens with two attached hydrogens (primary N) is 1. The number of halogens is 5. The first-order chi connectivity index (χ1) is 20.3. The quantitative estimate of drug-likeness (QED) is 0.138. The predicted molar refractivity (Wildman–Crippen MR) is 141 cm³/mol. The summed E-state index contributed by atoms with van der Waals surface area (Å²) < 4.78 is 77.3. The number of nitrogen functional groups attached to an aromatic ring is 1. The monoisotopic (exact) mass is 633 g/mol. The molecule has 0 unspecified atom stereocenters. The van der Waals surface area contributed by atoms with Crippen molar-refractivity contribution in [3.05, 3.63) is 47.0 Å². The van der Waals surface area contributed by atoms with Gasteiger partial charge in [-0.05, 0) is 49.6 Å². The number of fused-ring (bicyclic) bond motifs is 1. The molecule has 1 aromatic carbocycles. The van der Waals surface area contributed by atoms with Crippen LogP contribution in [0.15, 0.2) is 30.6 Å². The number of carbonyl (C=O) groups excluding carboxylic acids is 2. The van der Waals surface area contributed by atoms with Crippen LogP contribution in [0.3, 0.4) is 0 Å². The Bertz CT molecular complexity index is 1440. The van der Waals surface area contributed by atoms with E-state index in [0.29, 0.717) is 0 Å². The number of esters is 2. The molecule has 2 aromatic heterocycles. The van der Waals surface area contributed by atoms with Gasteiger partial charge in [-0.1, -0.05) is 12.1 Å². The highest BCUT2D eigenvalue weighted by Crippen LogP contribution is 2.36. The highest BCUT2D eigenvalue weighted by Gasteiger charge is 2.52. The minimum absolute atomic E-state index is 0.0463. The Morgan fingerprint density at radius 2 is 1.74 bits per heavy atom. The Hall–Kier alpha value is -3.60. The molecule has 1 saturated heterocycles. The van der Waals surface area contributed by atoms with E-state index in [-0.39, 0.29) is 47.5 Å². The molecule has 0 saturated carbocycles. The van der Waals surface area contributed by atoms with Gasteiger partial charge in [-0.15, -0.1) is 0 Å². The van der Waals surface area contributed by atoms with Gasteiger partial charge in [-0.2, -0.15) is 23.1 Å². The van der Waals surface area contributed by atoms with Crippen molar-refractivity contribution in [1.82, 2.24) is 19.5 Å². The molecule has 43 heavy (non-hydrogen) atoms. The molecule has 0 aliphatic carbocycles. The van der Waals surface area contributed by atoms with Gasteiger partial charge in [-0.3, -0.25) is 4.57 Å². The lowest BCUT2D eigenvalue weighted by molar-refractivity contribution is -0.192. The fourth-order valence-electron chi connectivity index (χ4n) is 4.60. The van der Waals surface area contributed by atoms with Crippen LogP contribution in [0.25, 0.3) is 11.2 Å². The van der Waals surface area contributed by atoms with E-state index in [1.165, 1.54) is 24.7 Å². The lowest BCUT2D eigenvalue weighted by Gasteiger charge is -2.30. The zero-order valence-electron chi connectivity index (χ0n) is 22.9. The maximum atomic E-state index is 15.2. The van der Waals surface area contributed by atoms with Crippen LogP contribution >= 0.6 is 11.6 Å². The van der Waals surface area contributed by atoms with Crippen molar-refractivity contribution in [3.8, 4) is 0 Å². The van der Waals surface area contributed by atoms with E-state index in [1.54, 1.807) is 0 Å². The predicted octanol–water partition coefficient (Wildman–Crippen LogP) is 3.19. The van der Waals surface area contributed by atoms with Gasteiger partial charge in [0.15, 0.2) is 23.9 Å². The van der Waals surface area contributed by atoms with Crippen LogP contribution in [0.4, 0.5) is 23.4 Å². The largest absolute Gasteiger partial charge is 0.463 e. The first kappa shape index (κ1) is 32.3. The van der Waals surface area contributed by atoms with E-state index >= 15 is 4.39 Å². The summed E-state index contributed by atoms with van der Waals surface area (Å²) >= 11 is 5.88. The highest BCUT2D eigenvalue weighted by atomic mass is 35.5. The van der Waals surface area contributed by atoms with Crippen LogP contribution in [-0.2, 0) is 41.1 Å². The van der Waals surface area contributed by atoms with Crippen molar-refractivity contribution in [2.45, 2.75) is 63.1 Å². The molecule has 3 heterocycles. The van der Waals surface area contributed by atoms with Crippen molar-refractivity contribution in [3.63, 3.8) is 0 Å². The molecular weight excluding hydrogens is 606 g/mol. The van der Waals surface area contributed by atoms with Gasteiger partial charge in [-0.25, -0.2) is 19.0 Å². The normalized spacial score (nSPS) is 20.8. The number of nitrogens with zero attached hydrogens (tertiary/aromatic N) is 4. The summed E-state index contributed by atoms with van der Waals surface area (Å²) in [4.78, 5) is 38.1. The van der Waals surface area contributed by atoms with E-state index in [0.717, 1.165) is 24.3 Å². The topological polar surface area (TPSA) is 161 Å². The number of aromatic nitrogens is 4. The third-order valence-corrected chi connectivity index (χ3v) is 6.85. The van der Waals surface area contributed by atoms with Crippen LogP contribution in [0.5, 0.6) is 0 Å². The number of hydrogen-bond acceptors (Lipinski definition) is 11. The van der Waals surface area contributed by atoms with E-state index < -0.39 is 66.9 Å². The van der Waals surface area contributed by atoms with Crippen LogP contribution < -0.4 is 5.73 Å². The number of imidazole rings is 1. The molecular formula is C26H28ClF4N5O7. The van der Waals surface area contributed by atoms with Crippen LogP contribution in [0.2, 0.25) is 5.28 Å². The fourth-order valence-corrected chi connectivity index (χ4v) is 4.77. The minimum atomic E-state index is -4.60. The number of aliphatic hydroxyl groups is 1. The number of benzene rings is 1. The number of rotatable bonds is 11. The summed E-state index contributed by atoms with van der Waals surface area (Å²) in [7, 11) is 0. The summed E-state index contributed by atoms with van der Waals surface area (Å²) in [5.41, 5.74) is 2.79. The number of ether oxygens (including phenoxy) is 4. The maximum absolute atomic E-state index is 15.2. The van der Waals surface area contributed by atoms with E-state index in [9.17, 15) is 27.9 Å². The molecule has 1 aliphatic heterocycles. The molecule has 12 nitrogen and oxygen atoms in total. The number of hydrogen-bond donors (Lipinski definition) is 2. The highest BCUT2D eigenvalue weighted by molar-refractivity contribution is 6.28. The molecule has 3 N–H and O–H groups in total. The Morgan fingerprint density at radius 1 is 1.12 bits per heavy atom. The van der Waals surface area contributed by atoms with Crippen molar-refractivity contribution in [1.29, 1.82) is 0 Å². The van der Waals surface area contributed by atoms with Crippen molar-refractivity contribution < 1.29 is 51.2 Å². The molecule has 3 aromatic rings. The van der Waals surface area contributed by atoms with Gasteiger partial charge < -0.3 is 29.8 Å². The Morgan fingerprint density at radius 3 is 2.33 bits per heavy atom. The third-order valence-electron chi connectivity index (χ3n) is 6.68. The minimum Gasteiger partial charge on any atom is -0.463 e. The standard InChI is InChI=1S/C26H28ClF4N5O7/c1-3-40-22(38)25(23(39)41-4-2,11-13-5-7-14(8-6-13)26(29,30)31)42-10-9-15-18(37)16(28)21(43-15)36-12-33-17-19(32)34-24(27)35-20(17)36/h5-8,12,15-16,18,21,37H,3-4,9-11H2,1-2H3,(H2,32,34,35)/t15-,16+,18-,21-/m1/s1. The summed E-state index contributed by atoms with van der Waals surface area (Å²) in [6.07, 6.45) is -10.4. The second kappa shape index (κ2) is 13.0. The zero-order chi connectivity index (χ0) is 31.5. The molecule has 1 fully saturated rings. The molecule has 4 atom stereocenters. The maximum Gasteiger partial charge on any atom is 0.416 e. The summed E-state index contributed by atoms with van der Waals surface area (Å²) in [6, 6.07) is 3.79. The number of alkyl halides is 4. The first-order valence-electron chi connectivity index (χ1n) is 13.1. The molecule has 0 spiro atoms. The molecule has 234 valence electrons. The third kappa shape index (κ3) is 6.66. The second-order valence-electron chi connectivity index (χ2n) is 9.48. The van der Waals surface area contributed by atoms with Crippen LogP contribution in [0.1, 0.15) is 37.6 Å². The van der Waals surface area contributed by atoms with Crippen molar-refractivity contribution in [2.75, 3.05) is 25.6 Å². The Kier molecular flexibility index (Phi) is 9.73. The fraction of sp³-hybridized carbons (Fsp3) is 0.500. The van der Waals surface area contributed by atoms with Gasteiger partial charge in [0.2, 0.25) is 5.28 Å². The number of carbonyl (C=O) groups is 2. The first-order valence-corrected chi connectivity index (χ1v) is 13.5. The van der Waals surface area contributed by atoms with E-state index in [4.69, 9.17) is 36.3 Å².